The van der Waals surface area contributed by atoms with Gasteiger partial charge in [-0.25, -0.2) is 9.97 Å². The Balaban J connectivity index is 1.09. The fourth-order valence-electron chi connectivity index (χ4n) is 4.51. The first-order valence-electron chi connectivity index (χ1n) is 13.0. The maximum Gasteiger partial charge on any atom is 0.253 e. The summed E-state index contributed by atoms with van der Waals surface area (Å²) in [6.45, 7) is 7.12. The number of nitrogens with zero attached hydrogens (tertiary/aromatic N) is 5. The number of hydrogen-bond acceptors (Lipinski definition) is 7. The smallest absolute Gasteiger partial charge is 0.253 e. The summed E-state index contributed by atoms with van der Waals surface area (Å²) < 4.78 is 5.43. The Morgan fingerprint density at radius 3 is 2.42 bits per heavy atom. The Kier molecular flexibility index (Phi) is 9.30. The first-order chi connectivity index (χ1) is 18.6. The summed E-state index contributed by atoms with van der Waals surface area (Å²) in [6.07, 6.45) is 4.35. The molecule has 198 valence electrons. The van der Waals surface area contributed by atoms with E-state index in [9.17, 15) is 4.79 Å². The second kappa shape index (κ2) is 13.2. The summed E-state index contributed by atoms with van der Waals surface area (Å²) in [5.41, 5.74) is 3.05. The third-order valence-corrected chi connectivity index (χ3v) is 7.81. The van der Waals surface area contributed by atoms with Crippen molar-refractivity contribution in [3.63, 3.8) is 0 Å². The van der Waals surface area contributed by atoms with Gasteiger partial charge in [0.25, 0.3) is 5.91 Å². The Hall–Kier alpha value is -2.91. The van der Waals surface area contributed by atoms with Crippen molar-refractivity contribution in [1.82, 2.24) is 19.8 Å². The first-order valence-corrected chi connectivity index (χ1v) is 14.3. The van der Waals surface area contributed by atoms with E-state index in [1.165, 1.54) is 5.56 Å². The van der Waals surface area contributed by atoms with Crippen LogP contribution in [-0.4, -0.2) is 84.7 Å². The molecule has 0 bridgehead atoms. The van der Waals surface area contributed by atoms with E-state index in [4.69, 9.17) is 16.3 Å². The lowest BCUT2D eigenvalue weighted by Crippen LogP contribution is -2.48. The van der Waals surface area contributed by atoms with Gasteiger partial charge in [-0.15, -0.1) is 0 Å². The molecule has 2 saturated heterocycles. The first kappa shape index (κ1) is 26.7. The number of ether oxygens (including phenoxy) is 1. The van der Waals surface area contributed by atoms with Crippen molar-refractivity contribution < 1.29 is 9.53 Å². The van der Waals surface area contributed by atoms with Gasteiger partial charge in [-0.05, 0) is 23.3 Å². The minimum atomic E-state index is 0.0945. The highest BCUT2D eigenvalue weighted by Gasteiger charge is 2.21. The number of benzene rings is 2. The van der Waals surface area contributed by atoms with Gasteiger partial charge in [0.2, 0.25) is 0 Å². The lowest BCUT2D eigenvalue weighted by atomic mass is 10.1. The molecular weight excluding hydrogens is 518 g/mol. The molecule has 3 aromatic rings. The Morgan fingerprint density at radius 2 is 1.68 bits per heavy atom. The molecule has 0 atom stereocenters. The number of piperazine rings is 1. The molecule has 5 rings (SSSR count). The van der Waals surface area contributed by atoms with Crippen LogP contribution in [0.5, 0.6) is 0 Å². The van der Waals surface area contributed by atoms with Gasteiger partial charge in [-0.3, -0.25) is 9.69 Å². The van der Waals surface area contributed by atoms with Gasteiger partial charge in [-0.1, -0.05) is 78.0 Å². The lowest BCUT2D eigenvalue weighted by Gasteiger charge is -2.34. The van der Waals surface area contributed by atoms with Crippen LogP contribution in [0.15, 0.2) is 71.9 Å². The number of carbonyl (C=O) groups excluding carboxylic acids is 1. The Morgan fingerprint density at radius 1 is 0.947 bits per heavy atom. The van der Waals surface area contributed by atoms with Crippen LogP contribution in [0.2, 0.25) is 5.15 Å². The zero-order chi connectivity index (χ0) is 26.2. The van der Waals surface area contributed by atoms with Gasteiger partial charge in [0, 0.05) is 63.2 Å². The third-order valence-electron chi connectivity index (χ3n) is 6.70. The number of amides is 1. The third kappa shape index (κ3) is 7.35. The molecule has 2 aliphatic rings. The number of morpholine rings is 1. The zero-order valence-corrected chi connectivity index (χ0v) is 22.9. The topological polar surface area (TPSA) is 61.8 Å². The molecule has 7 nitrogen and oxygen atoms in total. The summed E-state index contributed by atoms with van der Waals surface area (Å²) in [6, 6.07) is 20.0. The average molecular weight is 550 g/mol. The van der Waals surface area contributed by atoms with E-state index in [1.807, 2.05) is 47.4 Å². The molecular formula is C29H32ClN5O2S. The second-order valence-corrected chi connectivity index (χ2v) is 10.7. The van der Waals surface area contributed by atoms with E-state index < -0.39 is 0 Å². The van der Waals surface area contributed by atoms with Crippen molar-refractivity contribution in [2.24, 2.45) is 0 Å². The lowest BCUT2D eigenvalue weighted by molar-refractivity contribution is 0.0650. The highest BCUT2D eigenvalue weighted by molar-refractivity contribution is 7.98. The van der Waals surface area contributed by atoms with E-state index >= 15 is 0 Å². The number of thioether (sulfide) groups is 1. The molecule has 2 fully saturated rings. The van der Waals surface area contributed by atoms with Gasteiger partial charge >= 0.3 is 0 Å². The van der Waals surface area contributed by atoms with Crippen molar-refractivity contribution in [1.29, 1.82) is 0 Å². The molecule has 3 heterocycles. The monoisotopic (exact) mass is 549 g/mol. The molecule has 38 heavy (non-hydrogen) atoms. The number of aromatic nitrogens is 2. The van der Waals surface area contributed by atoms with E-state index in [0.29, 0.717) is 29.3 Å². The molecule has 2 aliphatic heterocycles. The molecule has 9 heteroatoms. The molecule has 0 radical (unpaired) electrons. The molecule has 0 unspecified atom stereocenters. The van der Waals surface area contributed by atoms with E-state index in [2.05, 4.69) is 44.1 Å². The number of anilines is 1. The minimum Gasteiger partial charge on any atom is -0.378 e. The molecule has 0 aliphatic carbocycles. The van der Waals surface area contributed by atoms with Gasteiger partial charge in [-0.2, -0.15) is 0 Å². The van der Waals surface area contributed by atoms with Crippen LogP contribution in [-0.2, 0) is 10.5 Å². The second-order valence-electron chi connectivity index (χ2n) is 9.32. The molecule has 2 aromatic carbocycles. The number of halogens is 1. The summed E-state index contributed by atoms with van der Waals surface area (Å²) in [5.74, 6) is 1.63. The van der Waals surface area contributed by atoms with Crippen molar-refractivity contribution in [3.05, 3.63) is 88.6 Å². The van der Waals surface area contributed by atoms with Crippen LogP contribution in [0, 0.1) is 0 Å². The van der Waals surface area contributed by atoms with Gasteiger partial charge in [0.05, 0.1) is 13.2 Å². The molecule has 1 amide bonds. The van der Waals surface area contributed by atoms with E-state index in [0.717, 1.165) is 62.8 Å². The molecule has 0 spiro atoms. The van der Waals surface area contributed by atoms with Crippen LogP contribution in [0.4, 0.5) is 5.82 Å². The highest BCUT2D eigenvalue weighted by Crippen LogP contribution is 2.25. The quantitative estimate of drug-likeness (QED) is 0.229. The van der Waals surface area contributed by atoms with Crippen LogP contribution in [0.25, 0.3) is 6.08 Å². The largest absolute Gasteiger partial charge is 0.378 e. The summed E-state index contributed by atoms with van der Waals surface area (Å²) in [7, 11) is 0. The molecule has 0 saturated carbocycles. The van der Waals surface area contributed by atoms with Crippen LogP contribution in [0.1, 0.15) is 21.5 Å². The number of rotatable bonds is 8. The van der Waals surface area contributed by atoms with Crippen LogP contribution in [0.3, 0.4) is 0 Å². The van der Waals surface area contributed by atoms with Gasteiger partial charge in [0.15, 0.2) is 5.16 Å². The highest BCUT2D eigenvalue weighted by atomic mass is 35.5. The number of hydrogen-bond donors (Lipinski definition) is 0. The van der Waals surface area contributed by atoms with Crippen molar-refractivity contribution >= 4 is 41.2 Å². The zero-order valence-electron chi connectivity index (χ0n) is 21.3. The maximum atomic E-state index is 13.1. The normalized spacial score (nSPS) is 16.8. The maximum absolute atomic E-state index is 13.1. The summed E-state index contributed by atoms with van der Waals surface area (Å²) >= 11 is 7.81. The molecule has 0 N–H and O–H groups in total. The summed E-state index contributed by atoms with van der Waals surface area (Å²) in [5, 5.41) is 1.09. The summed E-state index contributed by atoms with van der Waals surface area (Å²) in [4.78, 5) is 28.6. The molecule has 1 aromatic heterocycles. The van der Waals surface area contributed by atoms with Crippen molar-refractivity contribution in [2.45, 2.75) is 10.9 Å². The number of carbonyl (C=O) groups is 1. The fraction of sp³-hybridized carbons (Fsp3) is 0.345. The van der Waals surface area contributed by atoms with Crippen molar-refractivity contribution in [3.8, 4) is 0 Å². The fourth-order valence-corrected chi connectivity index (χ4v) is 5.55. The standard InChI is InChI=1S/C29H32ClN5O2S/c30-26-21-27(34-17-19-37-20-18-34)32-29(31-26)38-22-24-8-10-25(11-9-24)28(36)35-15-13-33(14-16-35)12-4-7-23-5-2-1-3-6-23/h1-11,21H,12-20,22H2/b7-4+. The van der Waals surface area contributed by atoms with Crippen LogP contribution >= 0.6 is 23.4 Å². The van der Waals surface area contributed by atoms with E-state index in [-0.39, 0.29) is 5.91 Å². The van der Waals surface area contributed by atoms with Crippen LogP contribution < -0.4 is 4.90 Å². The Bertz CT molecular complexity index is 1230. The SMILES string of the molecule is O=C(c1ccc(CSc2nc(Cl)cc(N3CCOCC3)n2)cc1)N1CCN(C/C=C/c2ccccc2)CC1. The van der Waals surface area contributed by atoms with Crippen molar-refractivity contribution in [2.75, 3.05) is 63.9 Å². The predicted octanol–water partition coefficient (Wildman–Crippen LogP) is 4.73. The average Bonchev–Trinajstić information content (AvgIpc) is 2.97. The van der Waals surface area contributed by atoms with Gasteiger partial charge < -0.3 is 14.5 Å². The Labute approximate surface area is 233 Å². The van der Waals surface area contributed by atoms with Gasteiger partial charge in [0.1, 0.15) is 11.0 Å². The van der Waals surface area contributed by atoms with E-state index in [1.54, 1.807) is 17.8 Å². The minimum absolute atomic E-state index is 0.0945. The predicted molar refractivity (Wildman–Crippen MR) is 154 cm³/mol.